The van der Waals surface area contributed by atoms with Crippen LogP contribution in [0.25, 0.3) is 6.08 Å². The maximum absolute atomic E-state index is 9.31. The van der Waals surface area contributed by atoms with Crippen molar-refractivity contribution in [2.24, 2.45) is 0 Å². The van der Waals surface area contributed by atoms with E-state index in [0.29, 0.717) is 5.75 Å². The van der Waals surface area contributed by atoms with Gasteiger partial charge in [0, 0.05) is 0 Å². The van der Waals surface area contributed by atoms with E-state index in [0.717, 1.165) is 5.56 Å². The van der Waals surface area contributed by atoms with Crippen LogP contribution in [0.1, 0.15) is 12.5 Å². The maximum atomic E-state index is 9.31. The van der Waals surface area contributed by atoms with Gasteiger partial charge in [0.2, 0.25) is 0 Å². The lowest BCUT2D eigenvalue weighted by molar-refractivity contribution is 0.245. The molecule has 2 N–H and O–H groups in total. The van der Waals surface area contributed by atoms with Crippen molar-refractivity contribution in [2.75, 3.05) is 7.11 Å². The van der Waals surface area contributed by atoms with Crippen molar-refractivity contribution in [3.8, 4) is 11.5 Å². The van der Waals surface area contributed by atoms with E-state index in [1.54, 1.807) is 37.3 Å². The molecule has 0 aliphatic rings. The molecule has 1 atom stereocenters. The molecule has 0 aliphatic heterocycles. The molecule has 14 heavy (non-hydrogen) atoms. The highest BCUT2D eigenvalue weighted by Gasteiger charge is 2.00. The fourth-order valence-corrected chi connectivity index (χ4v) is 1.05. The number of phenolic OH excluding ortho intramolecular Hbond substituents is 1. The van der Waals surface area contributed by atoms with E-state index in [-0.39, 0.29) is 5.75 Å². The van der Waals surface area contributed by atoms with Crippen LogP contribution in [0, 0.1) is 0 Å². The Bertz CT molecular complexity index is 329. The molecule has 0 amide bonds. The first-order chi connectivity index (χ1) is 6.63. The summed E-state index contributed by atoms with van der Waals surface area (Å²) in [6, 6.07) is 5.01. The summed E-state index contributed by atoms with van der Waals surface area (Å²) in [5.41, 5.74) is 0.876. The molecule has 0 aliphatic carbocycles. The highest BCUT2D eigenvalue weighted by molar-refractivity contribution is 5.55. The van der Waals surface area contributed by atoms with Gasteiger partial charge in [-0.2, -0.15) is 0 Å². The molecule has 0 fully saturated rings. The normalized spacial score (nSPS) is 13.1. The summed E-state index contributed by atoms with van der Waals surface area (Å²) in [4.78, 5) is 0. The van der Waals surface area contributed by atoms with E-state index >= 15 is 0 Å². The lowest BCUT2D eigenvalue weighted by Crippen LogP contribution is -1.91. The molecule has 0 aromatic heterocycles. The molecule has 1 aromatic rings. The number of methoxy groups -OCH3 is 1. The number of aliphatic hydroxyl groups is 1. The van der Waals surface area contributed by atoms with E-state index in [1.165, 1.54) is 7.11 Å². The zero-order valence-corrected chi connectivity index (χ0v) is 8.27. The zero-order chi connectivity index (χ0) is 10.6. The van der Waals surface area contributed by atoms with Gasteiger partial charge in [-0.25, -0.2) is 0 Å². The van der Waals surface area contributed by atoms with Crippen molar-refractivity contribution in [3.63, 3.8) is 0 Å². The molecule has 0 bridgehead atoms. The van der Waals surface area contributed by atoms with Gasteiger partial charge in [0.05, 0.1) is 13.2 Å². The zero-order valence-electron chi connectivity index (χ0n) is 8.27. The molecule has 0 heterocycles. The summed E-state index contributed by atoms with van der Waals surface area (Å²) in [7, 11) is 1.50. The Labute approximate surface area is 83.3 Å². The topological polar surface area (TPSA) is 49.7 Å². The van der Waals surface area contributed by atoms with Gasteiger partial charge in [0.15, 0.2) is 11.5 Å². The minimum Gasteiger partial charge on any atom is -0.504 e. The second-order valence-corrected chi connectivity index (χ2v) is 3.03. The SMILES string of the molecule is COc1cc(/C=C/[C@H](C)O)ccc1O. The van der Waals surface area contributed by atoms with Crippen LogP contribution in [0.3, 0.4) is 0 Å². The molecule has 0 radical (unpaired) electrons. The molecule has 1 rings (SSSR count). The number of rotatable bonds is 3. The molecule has 0 saturated carbocycles. The van der Waals surface area contributed by atoms with Crippen molar-refractivity contribution in [1.82, 2.24) is 0 Å². The van der Waals surface area contributed by atoms with Gasteiger partial charge >= 0.3 is 0 Å². The van der Waals surface area contributed by atoms with Crippen molar-refractivity contribution in [1.29, 1.82) is 0 Å². The summed E-state index contributed by atoms with van der Waals surface area (Å²) in [6.45, 7) is 1.67. The van der Waals surface area contributed by atoms with Gasteiger partial charge in [0.25, 0.3) is 0 Å². The summed E-state index contributed by atoms with van der Waals surface area (Å²) in [6.07, 6.45) is 2.95. The summed E-state index contributed by atoms with van der Waals surface area (Å²) in [5, 5.41) is 18.3. The molecule has 3 nitrogen and oxygen atoms in total. The Morgan fingerprint density at radius 2 is 2.14 bits per heavy atom. The second-order valence-electron chi connectivity index (χ2n) is 3.03. The van der Waals surface area contributed by atoms with E-state index in [9.17, 15) is 5.11 Å². The summed E-state index contributed by atoms with van der Waals surface area (Å²) in [5.74, 6) is 0.541. The molecule has 0 spiro atoms. The van der Waals surface area contributed by atoms with Gasteiger partial charge in [-0.3, -0.25) is 0 Å². The van der Waals surface area contributed by atoms with Crippen molar-refractivity contribution < 1.29 is 14.9 Å². The predicted molar refractivity (Wildman–Crippen MR) is 55.4 cm³/mol. The molecular formula is C11H14O3. The Morgan fingerprint density at radius 3 is 2.71 bits per heavy atom. The van der Waals surface area contributed by atoms with Crippen LogP contribution in [0.15, 0.2) is 24.3 Å². The number of phenols is 1. The number of hydrogen-bond donors (Lipinski definition) is 2. The number of aromatic hydroxyl groups is 1. The lowest BCUT2D eigenvalue weighted by Gasteiger charge is -2.03. The van der Waals surface area contributed by atoms with Crippen molar-refractivity contribution in [3.05, 3.63) is 29.8 Å². The third-order valence-electron chi connectivity index (χ3n) is 1.77. The van der Waals surface area contributed by atoms with Gasteiger partial charge in [-0.05, 0) is 24.6 Å². The van der Waals surface area contributed by atoms with E-state index in [1.807, 2.05) is 0 Å². The van der Waals surface area contributed by atoms with Crippen LogP contribution in [0.2, 0.25) is 0 Å². The Balaban J connectivity index is 2.89. The standard InChI is InChI=1S/C11H14O3/c1-8(12)3-4-9-5-6-10(13)11(7-9)14-2/h3-8,12-13H,1-2H3/b4-3+/t8-/m0/s1. The van der Waals surface area contributed by atoms with Gasteiger partial charge in [-0.1, -0.05) is 18.2 Å². The largest absolute Gasteiger partial charge is 0.504 e. The van der Waals surface area contributed by atoms with Crippen LogP contribution in [0.5, 0.6) is 11.5 Å². The fourth-order valence-electron chi connectivity index (χ4n) is 1.05. The maximum Gasteiger partial charge on any atom is 0.161 e. The van der Waals surface area contributed by atoms with Gasteiger partial charge < -0.3 is 14.9 Å². The third kappa shape index (κ3) is 2.78. The molecule has 0 saturated heterocycles. The van der Waals surface area contributed by atoms with E-state index in [2.05, 4.69) is 0 Å². The first-order valence-electron chi connectivity index (χ1n) is 4.36. The summed E-state index contributed by atoms with van der Waals surface area (Å²) >= 11 is 0. The molecular weight excluding hydrogens is 180 g/mol. The highest BCUT2D eigenvalue weighted by atomic mass is 16.5. The minimum atomic E-state index is -0.477. The fraction of sp³-hybridized carbons (Fsp3) is 0.273. The van der Waals surface area contributed by atoms with Crippen molar-refractivity contribution >= 4 is 6.08 Å². The number of aliphatic hydroxyl groups excluding tert-OH is 1. The number of hydrogen-bond acceptors (Lipinski definition) is 3. The van der Waals surface area contributed by atoms with Crippen molar-refractivity contribution in [2.45, 2.75) is 13.0 Å². The van der Waals surface area contributed by atoms with Gasteiger partial charge in [0.1, 0.15) is 0 Å². The van der Waals surface area contributed by atoms with E-state index in [4.69, 9.17) is 9.84 Å². The Morgan fingerprint density at radius 1 is 1.43 bits per heavy atom. The predicted octanol–water partition coefficient (Wildman–Crippen LogP) is 1.79. The van der Waals surface area contributed by atoms with Crippen LogP contribution < -0.4 is 4.74 Å². The highest BCUT2D eigenvalue weighted by Crippen LogP contribution is 2.26. The number of benzene rings is 1. The third-order valence-corrected chi connectivity index (χ3v) is 1.77. The molecule has 0 unspecified atom stereocenters. The first-order valence-corrected chi connectivity index (χ1v) is 4.36. The monoisotopic (exact) mass is 194 g/mol. The average molecular weight is 194 g/mol. The lowest BCUT2D eigenvalue weighted by atomic mass is 10.1. The average Bonchev–Trinajstić information content (AvgIpc) is 2.16. The van der Waals surface area contributed by atoms with Crippen LogP contribution in [0.4, 0.5) is 0 Å². The van der Waals surface area contributed by atoms with Crippen LogP contribution in [-0.2, 0) is 0 Å². The van der Waals surface area contributed by atoms with E-state index < -0.39 is 6.10 Å². The Kier molecular flexibility index (Phi) is 3.54. The van der Waals surface area contributed by atoms with Crippen LogP contribution in [-0.4, -0.2) is 23.4 Å². The van der Waals surface area contributed by atoms with Crippen LogP contribution >= 0.6 is 0 Å². The first kappa shape index (κ1) is 10.6. The smallest absolute Gasteiger partial charge is 0.161 e. The summed E-state index contributed by atoms with van der Waals surface area (Å²) < 4.78 is 4.95. The number of ether oxygens (including phenoxy) is 1. The molecule has 1 aromatic carbocycles. The Hall–Kier alpha value is -1.48. The molecule has 76 valence electrons. The van der Waals surface area contributed by atoms with Gasteiger partial charge in [-0.15, -0.1) is 0 Å². The minimum absolute atomic E-state index is 0.113. The quantitative estimate of drug-likeness (QED) is 0.771. The molecule has 3 heteroatoms. The second kappa shape index (κ2) is 4.67.